The van der Waals surface area contributed by atoms with Gasteiger partial charge >= 0.3 is 0 Å². The summed E-state index contributed by atoms with van der Waals surface area (Å²) < 4.78 is 7.63. The molecule has 1 aromatic heterocycles. The summed E-state index contributed by atoms with van der Waals surface area (Å²) in [5.41, 5.74) is 0. The van der Waals surface area contributed by atoms with E-state index in [0.717, 1.165) is 37.8 Å². The summed E-state index contributed by atoms with van der Waals surface area (Å²) >= 11 is 0. The quantitative estimate of drug-likeness (QED) is 0.821. The van der Waals surface area contributed by atoms with Crippen LogP contribution >= 0.6 is 0 Å². The predicted molar refractivity (Wildman–Crippen MR) is 61.5 cm³/mol. The number of rotatable bonds is 3. The van der Waals surface area contributed by atoms with Crippen molar-refractivity contribution in [1.29, 1.82) is 0 Å². The third-order valence-corrected chi connectivity index (χ3v) is 2.88. The van der Waals surface area contributed by atoms with Crippen molar-refractivity contribution in [2.75, 3.05) is 19.8 Å². The molecule has 5 nitrogen and oxygen atoms in total. The van der Waals surface area contributed by atoms with Crippen LogP contribution in [0.4, 0.5) is 0 Å². The highest BCUT2D eigenvalue weighted by molar-refractivity contribution is 4.99. The Morgan fingerprint density at radius 1 is 1.50 bits per heavy atom. The van der Waals surface area contributed by atoms with Gasteiger partial charge in [-0.2, -0.15) is 0 Å². The van der Waals surface area contributed by atoms with E-state index >= 15 is 0 Å². The number of hydrogen-bond acceptors (Lipinski definition) is 4. The lowest BCUT2D eigenvalue weighted by Crippen LogP contribution is -2.43. The second-order valence-electron chi connectivity index (χ2n) is 4.56. The molecule has 1 aliphatic rings. The van der Waals surface area contributed by atoms with Crippen LogP contribution < -0.4 is 5.32 Å². The monoisotopic (exact) mass is 224 g/mol. The summed E-state index contributed by atoms with van der Waals surface area (Å²) in [5.74, 6) is 2.04. The summed E-state index contributed by atoms with van der Waals surface area (Å²) in [6.45, 7) is 8.83. The molecule has 1 aliphatic heterocycles. The number of nitrogens with zero attached hydrogens (tertiary/aromatic N) is 3. The van der Waals surface area contributed by atoms with Crippen molar-refractivity contribution in [2.24, 2.45) is 0 Å². The summed E-state index contributed by atoms with van der Waals surface area (Å²) in [6.07, 6.45) is 0.888. The molecule has 0 amide bonds. The zero-order valence-corrected chi connectivity index (χ0v) is 10.2. The smallest absolute Gasteiger partial charge is 0.134 e. The lowest BCUT2D eigenvalue weighted by atomic mass is 10.2. The molecule has 1 saturated heterocycles. The van der Waals surface area contributed by atoms with E-state index in [1.165, 1.54) is 0 Å². The van der Waals surface area contributed by atoms with Crippen LogP contribution in [0.1, 0.15) is 31.5 Å². The maximum atomic E-state index is 5.44. The van der Waals surface area contributed by atoms with E-state index in [-0.39, 0.29) is 0 Å². The summed E-state index contributed by atoms with van der Waals surface area (Å²) in [5, 5.41) is 11.8. The lowest BCUT2D eigenvalue weighted by molar-refractivity contribution is 0.0760. The van der Waals surface area contributed by atoms with Crippen LogP contribution in [-0.4, -0.2) is 40.6 Å². The van der Waals surface area contributed by atoms with Gasteiger partial charge in [-0.15, -0.1) is 10.2 Å². The lowest BCUT2D eigenvalue weighted by Gasteiger charge is -2.24. The Hall–Kier alpha value is -0.940. The van der Waals surface area contributed by atoms with Crippen molar-refractivity contribution in [3.63, 3.8) is 0 Å². The fourth-order valence-corrected chi connectivity index (χ4v) is 2.20. The van der Waals surface area contributed by atoms with Gasteiger partial charge in [0.05, 0.1) is 13.2 Å². The van der Waals surface area contributed by atoms with E-state index in [0.29, 0.717) is 12.1 Å². The highest BCUT2D eigenvalue weighted by atomic mass is 16.5. The van der Waals surface area contributed by atoms with E-state index in [4.69, 9.17) is 4.74 Å². The summed E-state index contributed by atoms with van der Waals surface area (Å²) in [4.78, 5) is 0. The molecule has 2 rings (SSSR count). The molecular weight excluding hydrogens is 204 g/mol. The van der Waals surface area contributed by atoms with E-state index in [1.54, 1.807) is 0 Å². The first-order valence-electron chi connectivity index (χ1n) is 5.90. The normalized spacial score (nSPS) is 21.6. The molecule has 2 heterocycles. The molecular formula is C11H20N4O. The largest absolute Gasteiger partial charge is 0.379 e. The van der Waals surface area contributed by atoms with E-state index in [1.807, 2.05) is 6.92 Å². The molecule has 0 spiro atoms. The third kappa shape index (κ3) is 2.41. The van der Waals surface area contributed by atoms with Crippen molar-refractivity contribution in [3.05, 3.63) is 11.6 Å². The van der Waals surface area contributed by atoms with E-state index < -0.39 is 0 Å². The van der Waals surface area contributed by atoms with Crippen LogP contribution in [0.5, 0.6) is 0 Å². The second-order valence-corrected chi connectivity index (χ2v) is 4.56. The topological polar surface area (TPSA) is 52.0 Å². The molecule has 1 unspecified atom stereocenters. The third-order valence-electron chi connectivity index (χ3n) is 2.88. The van der Waals surface area contributed by atoms with Gasteiger partial charge in [0.25, 0.3) is 0 Å². The minimum atomic E-state index is 0.370. The number of aromatic nitrogens is 3. The first-order chi connectivity index (χ1) is 7.68. The number of aryl methyl sites for hydroxylation is 1. The highest BCUT2D eigenvalue weighted by Gasteiger charge is 2.18. The first kappa shape index (κ1) is 11.5. The molecule has 0 bridgehead atoms. The maximum absolute atomic E-state index is 5.44. The molecule has 1 aromatic rings. The zero-order chi connectivity index (χ0) is 11.5. The van der Waals surface area contributed by atoms with Gasteiger partial charge in [-0.25, -0.2) is 0 Å². The average Bonchev–Trinajstić information content (AvgIpc) is 2.61. The maximum Gasteiger partial charge on any atom is 0.134 e. The summed E-state index contributed by atoms with van der Waals surface area (Å²) in [6, 6.07) is 0.782. The SMILES string of the molecule is Cc1nnc(CC2COCCN2)n1C(C)C. The van der Waals surface area contributed by atoms with Crippen molar-refractivity contribution in [1.82, 2.24) is 20.1 Å². The molecule has 16 heavy (non-hydrogen) atoms. The minimum absolute atomic E-state index is 0.370. The van der Waals surface area contributed by atoms with Gasteiger partial charge < -0.3 is 14.6 Å². The van der Waals surface area contributed by atoms with Crippen LogP contribution in [-0.2, 0) is 11.2 Å². The van der Waals surface area contributed by atoms with Crippen LogP contribution in [0.25, 0.3) is 0 Å². The molecule has 1 atom stereocenters. The van der Waals surface area contributed by atoms with E-state index in [9.17, 15) is 0 Å². The number of morpholine rings is 1. The summed E-state index contributed by atoms with van der Waals surface area (Å²) in [7, 11) is 0. The van der Waals surface area contributed by atoms with Crippen LogP contribution in [0, 0.1) is 6.92 Å². The van der Waals surface area contributed by atoms with Crippen LogP contribution in [0.3, 0.4) is 0 Å². The molecule has 0 radical (unpaired) electrons. The fourth-order valence-electron chi connectivity index (χ4n) is 2.20. The predicted octanol–water partition coefficient (Wildman–Crippen LogP) is 0.698. The molecule has 90 valence electrons. The molecule has 0 saturated carbocycles. The number of hydrogen-bond donors (Lipinski definition) is 1. The standard InChI is InChI=1S/C11H20N4O/c1-8(2)15-9(3)13-14-11(15)6-10-7-16-5-4-12-10/h8,10,12H,4-7H2,1-3H3. The van der Waals surface area contributed by atoms with Gasteiger partial charge in [0.1, 0.15) is 11.6 Å². The first-order valence-corrected chi connectivity index (χ1v) is 5.90. The Morgan fingerprint density at radius 2 is 2.31 bits per heavy atom. The van der Waals surface area contributed by atoms with Crippen LogP contribution in [0.2, 0.25) is 0 Å². The van der Waals surface area contributed by atoms with Crippen LogP contribution in [0.15, 0.2) is 0 Å². The van der Waals surface area contributed by atoms with Gasteiger partial charge in [0.2, 0.25) is 0 Å². The Labute approximate surface area is 96.2 Å². The minimum Gasteiger partial charge on any atom is -0.379 e. The van der Waals surface area contributed by atoms with Gasteiger partial charge in [-0.3, -0.25) is 0 Å². The number of nitrogens with one attached hydrogen (secondary N) is 1. The second kappa shape index (κ2) is 4.93. The molecule has 5 heteroatoms. The van der Waals surface area contributed by atoms with Crippen molar-refractivity contribution in [2.45, 2.75) is 39.3 Å². The fraction of sp³-hybridized carbons (Fsp3) is 0.818. The Balaban J connectivity index is 2.08. The van der Waals surface area contributed by atoms with Gasteiger partial charge in [0.15, 0.2) is 0 Å². The molecule has 0 aromatic carbocycles. The Bertz CT molecular complexity index is 342. The van der Waals surface area contributed by atoms with Crippen molar-refractivity contribution < 1.29 is 4.74 Å². The Morgan fingerprint density at radius 3 is 2.94 bits per heavy atom. The van der Waals surface area contributed by atoms with Crippen molar-refractivity contribution in [3.8, 4) is 0 Å². The highest BCUT2D eigenvalue weighted by Crippen LogP contribution is 2.13. The Kier molecular flexibility index (Phi) is 3.56. The molecule has 1 fully saturated rings. The van der Waals surface area contributed by atoms with E-state index in [2.05, 4.69) is 33.9 Å². The molecule has 1 N–H and O–H groups in total. The van der Waals surface area contributed by atoms with Crippen molar-refractivity contribution >= 4 is 0 Å². The molecule has 0 aliphatic carbocycles. The van der Waals surface area contributed by atoms with Gasteiger partial charge in [-0.05, 0) is 20.8 Å². The number of ether oxygens (including phenoxy) is 1. The zero-order valence-electron chi connectivity index (χ0n) is 10.2. The van der Waals surface area contributed by atoms with Gasteiger partial charge in [-0.1, -0.05) is 0 Å². The average molecular weight is 224 g/mol. The van der Waals surface area contributed by atoms with Gasteiger partial charge in [0, 0.05) is 25.0 Å².